The first-order valence-electron chi connectivity index (χ1n) is 7.63. The van der Waals surface area contributed by atoms with Gasteiger partial charge in [-0.3, -0.25) is 4.79 Å². The molecule has 7 heteroatoms. The van der Waals surface area contributed by atoms with Gasteiger partial charge in [-0.1, -0.05) is 18.2 Å². The lowest BCUT2D eigenvalue weighted by molar-refractivity contribution is -0.119. The van der Waals surface area contributed by atoms with Gasteiger partial charge in [-0.2, -0.15) is 0 Å². The Morgan fingerprint density at radius 3 is 2.71 bits per heavy atom. The number of nitrogens with two attached hydrogens (primary N) is 1. The monoisotopic (exact) mass is 346 g/mol. The van der Waals surface area contributed by atoms with E-state index in [1.807, 2.05) is 35.7 Å². The molecule has 4 N–H and O–H groups in total. The van der Waals surface area contributed by atoms with E-state index in [1.165, 1.54) is 4.88 Å². The summed E-state index contributed by atoms with van der Waals surface area (Å²) in [6.45, 7) is 1.15. The number of hydrogen-bond donors (Lipinski definition) is 3. The van der Waals surface area contributed by atoms with Crippen LogP contribution in [0.15, 0.2) is 46.8 Å². The number of carbonyl (C=O) groups is 1. The summed E-state index contributed by atoms with van der Waals surface area (Å²) < 4.78 is 5.09. The normalized spacial score (nSPS) is 11.1. The van der Waals surface area contributed by atoms with Crippen molar-refractivity contribution in [1.82, 2.24) is 10.6 Å². The zero-order valence-electron chi connectivity index (χ0n) is 13.6. The summed E-state index contributed by atoms with van der Waals surface area (Å²) in [5, 5.41) is 7.85. The minimum Gasteiger partial charge on any atom is -0.497 e. The molecular weight excluding hydrogens is 324 g/mol. The number of methoxy groups -OCH3 is 1. The van der Waals surface area contributed by atoms with E-state index in [9.17, 15) is 4.79 Å². The maximum Gasteiger partial charge on any atom is 0.242 e. The zero-order valence-corrected chi connectivity index (χ0v) is 14.4. The molecule has 6 nitrogen and oxygen atoms in total. The highest BCUT2D eigenvalue weighted by atomic mass is 32.1. The van der Waals surface area contributed by atoms with Crippen LogP contribution >= 0.6 is 11.3 Å². The van der Waals surface area contributed by atoms with Crippen LogP contribution in [0.4, 0.5) is 0 Å². The molecule has 2 rings (SSSR count). The molecular formula is C17H22N4O2S. The van der Waals surface area contributed by atoms with Gasteiger partial charge in [-0.25, -0.2) is 4.99 Å². The molecule has 1 heterocycles. The van der Waals surface area contributed by atoms with Crippen molar-refractivity contribution < 1.29 is 9.53 Å². The van der Waals surface area contributed by atoms with Crippen molar-refractivity contribution in [3.63, 3.8) is 0 Å². The Balaban J connectivity index is 1.65. The maximum absolute atomic E-state index is 11.8. The fourth-order valence-corrected chi connectivity index (χ4v) is 2.69. The second-order valence-electron chi connectivity index (χ2n) is 5.08. The van der Waals surface area contributed by atoms with E-state index in [1.54, 1.807) is 18.4 Å². The highest BCUT2D eigenvalue weighted by Crippen LogP contribution is 2.10. The minimum atomic E-state index is -0.172. The second-order valence-corrected chi connectivity index (χ2v) is 6.11. The minimum absolute atomic E-state index is 0.00793. The first-order valence-corrected chi connectivity index (χ1v) is 8.51. The van der Waals surface area contributed by atoms with Crippen molar-refractivity contribution >= 4 is 23.2 Å². The van der Waals surface area contributed by atoms with Crippen molar-refractivity contribution in [2.24, 2.45) is 10.7 Å². The quantitative estimate of drug-likeness (QED) is 0.499. The van der Waals surface area contributed by atoms with Crippen molar-refractivity contribution in [2.45, 2.75) is 13.0 Å². The molecule has 0 saturated carbocycles. The Kier molecular flexibility index (Phi) is 7.10. The fraction of sp³-hybridized carbons (Fsp3) is 0.294. The summed E-state index contributed by atoms with van der Waals surface area (Å²) in [5.74, 6) is 0.899. The first kappa shape index (κ1) is 17.8. The van der Waals surface area contributed by atoms with E-state index < -0.39 is 0 Å². The number of thiophene rings is 1. The van der Waals surface area contributed by atoms with Gasteiger partial charge in [0.15, 0.2) is 5.96 Å². The van der Waals surface area contributed by atoms with E-state index in [2.05, 4.69) is 21.7 Å². The zero-order chi connectivity index (χ0) is 17.2. The van der Waals surface area contributed by atoms with Crippen LogP contribution in [0.5, 0.6) is 5.75 Å². The third-order valence-corrected chi connectivity index (χ3v) is 4.24. The summed E-state index contributed by atoms with van der Waals surface area (Å²) in [7, 11) is 1.62. The van der Waals surface area contributed by atoms with E-state index >= 15 is 0 Å². The predicted molar refractivity (Wildman–Crippen MR) is 97.4 cm³/mol. The largest absolute Gasteiger partial charge is 0.497 e. The number of guanidine groups is 1. The lowest BCUT2D eigenvalue weighted by atomic mass is 10.2. The molecule has 0 aliphatic heterocycles. The third kappa shape index (κ3) is 6.29. The maximum atomic E-state index is 11.8. The summed E-state index contributed by atoms with van der Waals surface area (Å²) in [4.78, 5) is 17.1. The molecule has 128 valence electrons. The van der Waals surface area contributed by atoms with Crippen LogP contribution in [0.2, 0.25) is 0 Å². The van der Waals surface area contributed by atoms with Crippen LogP contribution in [0, 0.1) is 0 Å². The van der Waals surface area contributed by atoms with Gasteiger partial charge in [0, 0.05) is 18.0 Å². The number of rotatable bonds is 8. The highest BCUT2D eigenvalue weighted by Gasteiger charge is 2.01. The average molecular weight is 346 g/mol. The summed E-state index contributed by atoms with van der Waals surface area (Å²) in [6.07, 6.45) is 0.886. The molecule has 0 saturated heterocycles. The van der Waals surface area contributed by atoms with Gasteiger partial charge in [-0.15, -0.1) is 11.3 Å². The molecule has 0 radical (unpaired) electrons. The van der Waals surface area contributed by atoms with Gasteiger partial charge in [-0.05, 0) is 35.6 Å². The predicted octanol–water partition coefficient (Wildman–Crippen LogP) is 1.52. The van der Waals surface area contributed by atoms with E-state index in [0.29, 0.717) is 13.1 Å². The molecule has 0 aliphatic carbocycles. The van der Waals surface area contributed by atoms with Crippen LogP contribution in [0.25, 0.3) is 0 Å². The molecule has 0 atom stereocenters. The number of benzene rings is 1. The molecule has 0 spiro atoms. The first-order chi connectivity index (χ1) is 11.7. The van der Waals surface area contributed by atoms with Crippen LogP contribution in [-0.4, -0.2) is 32.1 Å². The number of aliphatic imine (C=N–C) groups is 1. The molecule has 1 aromatic heterocycles. The number of amides is 1. The number of ether oxygens (including phenoxy) is 1. The lowest BCUT2D eigenvalue weighted by Crippen LogP contribution is -2.35. The Bertz CT molecular complexity index is 654. The van der Waals surface area contributed by atoms with Crippen LogP contribution in [-0.2, 0) is 17.8 Å². The molecule has 0 unspecified atom stereocenters. The average Bonchev–Trinajstić information content (AvgIpc) is 3.12. The smallest absolute Gasteiger partial charge is 0.242 e. The number of hydrogen-bond acceptors (Lipinski definition) is 4. The van der Waals surface area contributed by atoms with Gasteiger partial charge in [0.05, 0.1) is 7.11 Å². The summed E-state index contributed by atoms with van der Waals surface area (Å²) in [5.41, 5.74) is 6.74. The van der Waals surface area contributed by atoms with Crippen molar-refractivity contribution in [1.29, 1.82) is 0 Å². The van der Waals surface area contributed by atoms with Gasteiger partial charge < -0.3 is 21.1 Å². The van der Waals surface area contributed by atoms with E-state index in [0.717, 1.165) is 17.7 Å². The molecule has 24 heavy (non-hydrogen) atoms. The lowest BCUT2D eigenvalue weighted by Gasteiger charge is -2.06. The van der Waals surface area contributed by atoms with Gasteiger partial charge in [0.25, 0.3) is 0 Å². The van der Waals surface area contributed by atoms with Crippen molar-refractivity contribution in [3.8, 4) is 5.75 Å². The molecule has 0 bridgehead atoms. The molecule has 1 amide bonds. The Morgan fingerprint density at radius 1 is 1.25 bits per heavy atom. The second kappa shape index (κ2) is 9.57. The standard InChI is InChI=1S/C17H22N4O2S/c1-23-14-6-4-13(5-7-14)11-20-16(22)12-21-17(18)19-9-8-15-3-2-10-24-15/h2-7,10H,8-9,11-12H2,1H3,(H,20,22)(H3,18,19,21). The van der Waals surface area contributed by atoms with Crippen LogP contribution in [0.1, 0.15) is 10.4 Å². The van der Waals surface area contributed by atoms with Crippen molar-refractivity contribution in [3.05, 3.63) is 52.2 Å². The van der Waals surface area contributed by atoms with Crippen LogP contribution < -0.4 is 21.1 Å². The summed E-state index contributed by atoms with van der Waals surface area (Å²) in [6, 6.07) is 11.6. The van der Waals surface area contributed by atoms with Gasteiger partial charge in [0.2, 0.25) is 5.91 Å². The summed E-state index contributed by atoms with van der Waals surface area (Å²) >= 11 is 1.71. The third-order valence-electron chi connectivity index (χ3n) is 3.30. The molecule has 0 fully saturated rings. The topological polar surface area (TPSA) is 88.7 Å². The van der Waals surface area contributed by atoms with Crippen molar-refractivity contribution in [2.75, 3.05) is 20.2 Å². The fourth-order valence-electron chi connectivity index (χ4n) is 1.98. The molecule has 0 aliphatic rings. The molecule has 2 aromatic rings. The SMILES string of the molecule is COc1ccc(CNC(=O)CN=C(N)NCCc2cccs2)cc1. The van der Waals surface area contributed by atoms with E-state index in [4.69, 9.17) is 10.5 Å². The molecule has 1 aromatic carbocycles. The van der Waals surface area contributed by atoms with Gasteiger partial charge in [0.1, 0.15) is 12.3 Å². The number of nitrogens with zero attached hydrogens (tertiary/aromatic N) is 1. The Labute approximate surface area is 145 Å². The number of nitrogens with one attached hydrogen (secondary N) is 2. The Morgan fingerprint density at radius 2 is 2.04 bits per heavy atom. The highest BCUT2D eigenvalue weighted by molar-refractivity contribution is 7.09. The Hall–Kier alpha value is -2.54. The number of carbonyl (C=O) groups excluding carboxylic acids is 1. The van der Waals surface area contributed by atoms with Crippen LogP contribution in [0.3, 0.4) is 0 Å². The van der Waals surface area contributed by atoms with Gasteiger partial charge >= 0.3 is 0 Å². The van der Waals surface area contributed by atoms with E-state index in [-0.39, 0.29) is 18.4 Å².